The molecule has 1 aliphatic rings. The number of fused-ring (bicyclic) bond motifs is 1. The van der Waals surface area contributed by atoms with Gasteiger partial charge in [0.15, 0.2) is 0 Å². The van der Waals surface area contributed by atoms with Crippen LogP contribution in [0.25, 0.3) is 28.0 Å². The van der Waals surface area contributed by atoms with Crippen molar-refractivity contribution in [3.63, 3.8) is 0 Å². The van der Waals surface area contributed by atoms with E-state index in [1.54, 1.807) is 17.6 Å². The Morgan fingerprint density at radius 3 is 2.60 bits per heavy atom. The van der Waals surface area contributed by atoms with Crippen molar-refractivity contribution in [1.82, 2.24) is 39.6 Å². The van der Waals surface area contributed by atoms with Crippen molar-refractivity contribution >= 4 is 28.4 Å². The fraction of sp³-hybridized carbons (Fsp3) is 0.286. The molecule has 0 amide bonds. The van der Waals surface area contributed by atoms with Crippen LogP contribution in [0.4, 0.5) is 30.5 Å². The van der Waals surface area contributed by atoms with E-state index in [2.05, 4.69) is 41.1 Å². The highest BCUT2D eigenvalue weighted by Gasteiger charge is 2.31. The van der Waals surface area contributed by atoms with Crippen LogP contribution in [0.15, 0.2) is 66.1 Å². The summed E-state index contributed by atoms with van der Waals surface area (Å²) >= 11 is 0. The van der Waals surface area contributed by atoms with Crippen molar-refractivity contribution in [1.29, 1.82) is 0 Å². The number of alkyl halides is 3. The third-order valence-corrected chi connectivity index (χ3v) is 7.08. The SMILES string of the molecule is Cc1c(-c2cc3cnc(Nc4ccc(NC5CCCNC5)cc4)nc3n(CC(F)(F)F)c2=O)ncn1-c1ccnnc1. The van der Waals surface area contributed by atoms with Gasteiger partial charge >= 0.3 is 6.18 Å². The highest BCUT2D eigenvalue weighted by molar-refractivity contribution is 5.81. The average molecular weight is 577 g/mol. The first-order valence-corrected chi connectivity index (χ1v) is 13.4. The Bertz CT molecular complexity index is 1760. The minimum Gasteiger partial charge on any atom is -0.381 e. The molecule has 5 aromatic rings. The molecule has 11 nitrogen and oxygen atoms in total. The second-order valence-electron chi connectivity index (χ2n) is 10.1. The van der Waals surface area contributed by atoms with Crippen LogP contribution in [0.1, 0.15) is 18.5 Å². The minimum atomic E-state index is -4.66. The summed E-state index contributed by atoms with van der Waals surface area (Å²) in [5.74, 6) is 0.0633. The lowest BCUT2D eigenvalue weighted by atomic mass is 10.1. The van der Waals surface area contributed by atoms with Crippen LogP contribution in [0.2, 0.25) is 0 Å². The van der Waals surface area contributed by atoms with Crippen LogP contribution in [0.5, 0.6) is 0 Å². The Kier molecular flexibility index (Phi) is 7.29. The molecule has 6 rings (SSSR count). The van der Waals surface area contributed by atoms with E-state index in [-0.39, 0.29) is 28.2 Å². The van der Waals surface area contributed by atoms with Crippen LogP contribution in [0, 0.1) is 6.92 Å². The number of hydrogen-bond acceptors (Lipinski definition) is 9. The van der Waals surface area contributed by atoms with E-state index in [0.29, 0.717) is 27.7 Å². The second kappa shape index (κ2) is 11.2. The zero-order chi connectivity index (χ0) is 29.3. The molecule has 3 N–H and O–H groups in total. The molecule has 0 saturated carbocycles. The molecule has 1 atom stereocenters. The maximum Gasteiger partial charge on any atom is 0.406 e. The number of anilines is 3. The molecule has 216 valence electrons. The fourth-order valence-electron chi connectivity index (χ4n) is 5.06. The van der Waals surface area contributed by atoms with Gasteiger partial charge in [-0.25, -0.2) is 9.97 Å². The smallest absolute Gasteiger partial charge is 0.381 e. The van der Waals surface area contributed by atoms with Crippen molar-refractivity contribution in [2.45, 2.75) is 38.5 Å². The van der Waals surface area contributed by atoms with E-state index < -0.39 is 18.3 Å². The number of imidazole rings is 1. The number of halogens is 3. The van der Waals surface area contributed by atoms with Gasteiger partial charge in [0.05, 0.1) is 29.3 Å². The predicted octanol–water partition coefficient (Wildman–Crippen LogP) is 4.21. The molecular weight excluding hydrogens is 549 g/mol. The molecule has 0 radical (unpaired) electrons. The van der Waals surface area contributed by atoms with Crippen molar-refractivity contribution in [3.8, 4) is 16.9 Å². The van der Waals surface area contributed by atoms with Crippen molar-refractivity contribution in [2.24, 2.45) is 0 Å². The molecule has 1 fully saturated rings. The normalized spacial score (nSPS) is 15.6. The first kappa shape index (κ1) is 27.3. The van der Waals surface area contributed by atoms with Gasteiger partial charge < -0.3 is 20.5 Å². The van der Waals surface area contributed by atoms with Gasteiger partial charge in [0.25, 0.3) is 5.56 Å². The molecule has 0 bridgehead atoms. The van der Waals surface area contributed by atoms with Crippen LogP contribution in [-0.4, -0.2) is 59.6 Å². The maximum atomic E-state index is 13.7. The Balaban J connectivity index is 1.33. The van der Waals surface area contributed by atoms with Gasteiger partial charge in [0, 0.05) is 41.2 Å². The van der Waals surface area contributed by atoms with Crippen LogP contribution in [-0.2, 0) is 6.54 Å². The van der Waals surface area contributed by atoms with Crippen LogP contribution in [0.3, 0.4) is 0 Å². The molecule has 42 heavy (non-hydrogen) atoms. The third kappa shape index (κ3) is 5.79. The first-order valence-electron chi connectivity index (χ1n) is 13.4. The zero-order valence-electron chi connectivity index (χ0n) is 22.6. The van der Waals surface area contributed by atoms with Crippen molar-refractivity contribution in [3.05, 3.63) is 77.4 Å². The second-order valence-corrected chi connectivity index (χ2v) is 10.1. The third-order valence-electron chi connectivity index (χ3n) is 7.08. The lowest BCUT2D eigenvalue weighted by Gasteiger charge is -2.24. The van der Waals surface area contributed by atoms with Crippen LogP contribution < -0.4 is 21.5 Å². The quantitative estimate of drug-likeness (QED) is 0.261. The monoisotopic (exact) mass is 576 g/mol. The minimum absolute atomic E-state index is 0.00517. The highest BCUT2D eigenvalue weighted by Crippen LogP contribution is 2.27. The number of nitrogens with one attached hydrogen (secondary N) is 3. The Labute approximate surface area is 237 Å². The molecule has 1 saturated heterocycles. The summed E-state index contributed by atoms with van der Waals surface area (Å²) in [6, 6.07) is 11.0. The van der Waals surface area contributed by atoms with Crippen LogP contribution >= 0.6 is 0 Å². The Morgan fingerprint density at radius 2 is 1.88 bits per heavy atom. The highest BCUT2D eigenvalue weighted by atomic mass is 19.4. The van der Waals surface area contributed by atoms with E-state index in [4.69, 9.17) is 0 Å². The molecule has 5 heterocycles. The van der Waals surface area contributed by atoms with Gasteiger partial charge in [0.1, 0.15) is 18.5 Å². The van der Waals surface area contributed by atoms with Gasteiger partial charge in [-0.2, -0.15) is 28.4 Å². The summed E-state index contributed by atoms with van der Waals surface area (Å²) in [4.78, 5) is 26.5. The van der Waals surface area contributed by atoms with E-state index in [1.807, 2.05) is 24.3 Å². The van der Waals surface area contributed by atoms with Gasteiger partial charge in [0.2, 0.25) is 5.95 Å². The topological polar surface area (TPSA) is 127 Å². The van der Waals surface area contributed by atoms with E-state index in [0.717, 1.165) is 31.6 Å². The van der Waals surface area contributed by atoms with Crippen molar-refractivity contribution < 1.29 is 13.2 Å². The largest absolute Gasteiger partial charge is 0.406 e. The van der Waals surface area contributed by atoms with E-state index >= 15 is 0 Å². The number of aromatic nitrogens is 7. The lowest BCUT2D eigenvalue weighted by Crippen LogP contribution is -2.38. The number of nitrogens with zero attached hydrogens (tertiary/aromatic N) is 7. The summed E-state index contributed by atoms with van der Waals surface area (Å²) in [6.45, 7) is 2.13. The first-order chi connectivity index (χ1) is 20.2. The Hall–Kier alpha value is -4.85. The van der Waals surface area contributed by atoms with Gasteiger partial charge in [-0.05, 0) is 62.7 Å². The van der Waals surface area contributed by atoms with E-state index in [1.165, 1.54) is 31.0 Å². The summed E-state index contributed by atoms with van der Waals surface area (Å²) in [5, 5.41) is 17.7. The predicted molar refractivity (Wildman–Crippen MR) is 152 cm³/mol. The van der Waals surface area contributed by atoms with Gasteiger partial charge in [-0.15, -0.1) is 0 Å². The molecule has 1 aromatic carbocycles. The number of benzene rings is 1. The lowest BCUT2D eigenvalue weighted by molar-refractivity contribution is -0.140. The number of rotatable bonds is 7. The summed E-state index contributed by atoms with van der Waals surface area (Å²) < 4.78 is 43.3. The number of pyridine rings is 1. The van der Waals surface area contributed by atoms with Gasteiger partial charge in [-0.1, -0.05) is 0 Å². The molecular formula is C28H27F3N10O. The number of hydrogen-bond donors (Lipinski definition) is 3. The fourth-order valence-corrected chi connectivity index (χ4v) is 5.06. The molecule has 1 unspecified atom stereocenters. The molecule has 0 aliphatic carbocycles. The summed E-state index contributed by atoms with van der Waals surface area (Å²) in [6.07, 6.45) is 3.43. The molecule has 4 aromatic heterocycles. The van der Waals surface area contributed by atoms with E-state index in [9.17, 15) is 18.0 Å². The Morgan fingerprint density at radius 1 is 1.07 bits per heavy atom. The standard InChI is InChI=1S/C28H27F3N10O/c1-17-24(34-16-41(17)22-8-10-35-36-14-22)23-11-18-12-33-27(39-25(18)40(26(23)42)15-28(29,30)31)38-20-6-4-19(5-7-20)37-21-3-2-9-32-13-21/h4-8,10-12,14,16,21,32,37H,2-3,9,13,15H2,1H3,(H,33,38,39). The summed E-state index contributed by atoms with van der Waals surface area (Å²) in [5.41, 5.74) is 2.05. The molecule has 1 aliphatic heterocycles. The number of piperidine rings is 1. The van der Waals surface area contributed by atoms with Gasteiger partial charge in [-0.3, -0.25) is 9.36 Å². The summed E-state index contributed by atoms with van der Waals surface area (Å²) in [7, 11) is 0. The zero-order valence-corrected chi connectivity index (χ0v) is 22.6. The van der Waals surface area contributed by atoms with Crippen molar-refractivity contribution in [2.75, 3.05) is 23.7 Å². The molecule has 0 spiro atoms. The maximum absolute atomic E-state index is 13.7. The molecule has 14 heteroatoms. The average Bonchev–Trinajstić information content (AvgIpc) is 3.37.